The third-order valence-electron chi connectivity index (χ3n) is 7.82. The van der Waals surface area contributed by atoms with Crippen LogP contribution in [0, 0.1) is 5.92 Å². The quantitative estimate of drug-likeness (QED) is 0.624. The number of pyridine rings is 1. The largest absolute Gasteiger partial charge is 0.497 e. The van der Waals surface area contributed by atoms with Gasteiger partial charge in [-0.15, -0.1) is 0 Å². The van der Waals surface area contributed by atoms with E-state index in [4.69, 9.17) is 4.74 Å². The first kappa shape index (κ1) is 21.2. The number of ether oxygens (including phenoxy) is 1. The minimum atomic E-state index is -0.423. The van der Waals surface area contributed by atoms with Crippen LogP contribution in [0.4, 0.5) is 0 Å². The van der Waals surface area contributed by atoms with Crippen molar-refractivity contribution in [2.75, 3.05) is 33.4 Å². The van der Waals surface area contributed by atoms with Gasteiger partial charge in [0, 0.05) is 54.4 Å². The van der Waals surface area contributed by atoms with Crippen LogP contribution in [-0.2, 0) is 10.2 Å². The Balaban J connectivity index is 1.42. The summed E-state index contributed by atoms with van der Waals surface area (Å²) in [7, 11) is 1.63. The lowest BCUT2D eigenvalue weighted by atomic mass is 9.68. The van der Waals surface area contributed by atoms with Gasteiger partial charge in [0.25, 0.3) is 5.91 Å². The van der Waals surface area contributed by atoms with Gasteiger partial charge in [0.1, 0.15) is 11.4 Å². The number of aliphatic hydroxyl groups excluding tert-OH is 1. The Morgan fingerprint density at radius 2 is 2.03 bits per heavy atom. The summed E-state index contributed by atoms with van der Waals surface area (Å²) >= 11 is 0. The van der Waals surface area contributed by atoms with Gasteiger partial charge in [0.2, 0.25) is 5.91 Å². The maximum Gasteiger partial charge on any atom is 0.272 e. The molecule has 2 amide bonds. The van der Waals surface area contributed by atoms with Crippen LogP contribution in [0.15, 0.2) is 42.6 Å². The Morgan fingerprint density at radius 1 is 1.21 bits per heavy atom. The maximum absolute atomic E-state index is 13.4. The van der Waals surface area contributed by atoms with Crippen molar-refractivity contribution >= 4 is 22.7 Å². The molecule has 0 bridgehead atoms. The van der Waals surface area contributed by atoms with Crippen molar-refractivity contribution < 1.29 is 19.4 Å². The summed E-state index contributed by atoms with van der Waals surface area (Å²) in [6, 6.07) is 10.8. The first-order valence-electron chi connectivity index (χ1n) is 11.9. The van der Waals surface area contributed by atoms with E-state index in [0.29, 0.717) is 25.3 Å². The van der Waals surface area contributed by atoms with E-state index in [1.54, 1.807) is 30.3 Å². The Hall–Kier alpha value is -3.39. The van der Waals surface area contributed by atoms with Crippen molar-refractivity contribution in [3.63, 3.8) is 0 Å². The molecule has 8 heteroatoms. The Labute approximate surface area is 197 Å². The molecule has 3 aliphatic rings. The highest BCUT2D eigenvalue weighted by molar-refractivity contribution is 5.94. The average Bonchev–Trinajstić information content (AvgIpc) is 3.19. The van der Waals surface area contributed by atoms with Gasteiger partial charge >= 0.3 is 0 Å². The van der Waals surface area contributed by atoms with Crippen molar-refractivity contribution in [2.24, 2.45) is 5.92 Å². The summed E-state index contributed by atoms with van der Waals surface area (Å²) in [5.74, 6) is 0.781. The minimum absolute atomic E-state index is 0.0310. The molecule has 4 heterocycles. The number of hydrogen-bond acceptors (Lipinski definition) is 5. The number of aliphatic hydroxyl groups is 1. The predicted octanol–water partition coefficient (Wildman–Crippen LogP) is 2.64. The van der Waals surface area contributed by atoms with E-state index in [2.05, 4.69) is 9.97 Å². The molecular weight excluding hydrogens is 432 g/mol. The molecule has 34 heavy (non-hydrogen) atoms. The van der Waals surface area contributed by atoms with Gasteiger partial charge < -0.3 is 24.6 Å². The fourth-order valence-corrected chi connectivity index (χ4v) is 5.87. The lowest BCUT2D eigenvalue weighted by Crippen LogP contribution is -2.68. The zero-order chi connectivity index (χ0) is 23.4. The van der Waals surface area contributed by atoms with E-state index in [9.17, 15) is 14.7 Å². The Bertz CT molecular complexity index is 1260. The molecule has 2 N–H and O–H groups in total. The molecule has 6 rings (SSSR count). The first-order valence-corrected chi connectivity index (χ1v) is 11.9. The summed E-state index contributed by atoms with van der Waals surface area (Å²) in [4.78, 5) is 37.9. The normalized spacial score (nSPS) is 21.2. The van der Waals surface area contributed by atoms with E-state index >= 15 is 0 Å². The number of carbonyl (C=O) groups excluding carboxylic acids is 2. The number of benzene rings is 1. The van der Waals surface area contributed by atoms with Crippen molar-refractivity contribution in [3.8, 4) is 5.75 Å². The highest BCUT2D eigenvalue weighted by atomic mass is 16.5. The third kappa shape index (κ3) is 3.05. The van der Waals surface area contributed by atoms with E-state index in [1.165, 1.54) is 0 Å². The summed E-state index contributed by atoms with van der Waals surface area (Å²) in [6.45, 7) is 1.34. The minimum Gasteiger partial charge on any atom is -0.497 e. The molecule has 8 nitrogen and oxygen atoms in total. The van der Waals surface area contributed by atoms with E-state index < -0.39 is 11.5 Å². The van der Waals surface area contributed by atoms with Crippen molar-refractivity contribution in [1.82, 2.24) is 19.8 Å². The topological polar surface area (TPSA) is 98.8 Å². The molecule has 176 valence electrons. The molecule has 3 aromatic rings. The standard InChI is InChI=1S/C26H28N4O4/c1-34-17-8-9-18-20(11-17)28-23-21(12-31)30(24(32)16-5-4-6-16)15-26(22(18)23)13-29(14-26)25(33)19-7-2-3-10-27-19/h2-3,7-11,16,21,28,31H,4-6,12-15H2,1H3/t21-/m0/s1. The van der Waals surface area contributed by atoms with Gasteiger partial charge in [-0.1, -0.05) is 12.5 Å². The third-order valence-corrected chi connectivity index (χ3v) is 7.82. The lowest BCUT2D eigenvalue weighted by Gasteiger charge is -2.56. The smallest absolute Gasteiger partial charge is 0.272 e. The van der Waals surface area contributed by atoms with Gasteiger partial charge in [-0.3, -0.25) is 14.6 Å². The van der Waals surface area contributed by atoms with Crippen LogP contribution in [-0.4, -0.2) is 70.0 Å². The molecule has 2 fully saturated rings. The average molecular weight is 461 g/mol. The second kappa shape index (κ2) is 7.84. The highest BCUT2D eigenvalue weighted by Crippen LogP contribution is 2.49. The maximum atomic E-state index is 13.4. The molecule has 1 saturated carbocycles. The SMILES string of the molecule is COc1ccc2c3c([nH]c2c1)[C@H](CO)N(C(=O)C1CCC1)CC31CN(C(=O)c2ccccn2)C1. The Morgan fingerprint density at radius 3 is 2.68 bits per heavy atom. The number of nitrogens with zero attached hydrogens (tertiary/aromatic N) is 3. The molecule has 1 aromatic carbocycles. The number of fused-ring (bicyclic) bond motifs is 4. The zero-order valence-electron chi connectivity index (χ0n) is 19.2. The van der Waals surface area contributed by atoms with Crippen LogP contribution in [0.2, 0.25) is 0 Å². The number of likely N-dealkylation sites (tertiary alicyclic amines) is 1. The number of hydrogen-bond donors (Lipinski definition) is 2. The van der Waals surface area contributed by atoms with Gasteiger partial charge in [-0.25, -0.2) is 0 Å². The molecule has 0 radical (unpaired) electrons. The number of methoxy groups -OCH3 is 1. The van der Waals surface area contributed by atoms with E-state index in [1.807, 2.05) is 29.2 Å². The summed E-state index contributed by atoms with van der Waals surface area (Å²) < 4.78 is 5.42. The number of rotatable bonds is 4. The predicted molar refractivity (Wildman–Crippen MR) is 126 cm³/mol. The molecule has 1 spiro atoms. The fraction of sp³-hybridized carbons (Fsp3) is 0.423. The lowest BCUT2D eigenvalue weighted by molar-refractivity contribution is -0.145. The van der Waals surface area contributed by atoms with Crippen LogP contribution in [0.5, 0.6) is 5.75 Å². The van der Waals surface area contributed by atoms with E-state index in [0.717, 1.165) is 47.2 Å². The summed E-state index contributed by atoms with van der Waals surface area (Å²) in [5, 5.41) is 11.4. The summed E-state index contributed by atoms with van der Waals surface area (Å²) in [6.07, 6.45) is 4.51. The molecular formula is C26H28N4O4. The Kier molecular flexibility index (Phi) is 4.88. The van der Waals surface area contributed by atoms with Crippen LogP contribution in [0.1, 0.15) is 47.1 Å². The van der Waals surface area contributed by atoms with Gasteiger partial charge in [-0.05, 0) is 42.7 Å². The molecule has 1 atom stereocenters. The van der Waals surface area contributed by atoms with Gasteiger partial charge in [0.15, 0.2) is 0 Å². The molecule has 2 aromatic heterocycles. The highest BCUT2D eigenvalue weighted by Gasteiger charge is 2.55. The second-order valence-electron chi connectivity index (χ2n) is 9.77. The van der Waals surface area contributed by atoms with Crippen LogP contribution in [0.25, 0.3) is 10.9 Å². The second-order valence-corrected chi connectivity index (χ2v) is 9.77. The number of aromatic amines is 1. The number of carbonyl (C=O) groups is 2. The van der Waals surface area contributed by atoms with Crippen molar-refractivity contribution in [2.45, 2.75) is 30.7 Å². The summed E-state index contributed by atoms with van der Waals surface area (Å²) in [5.41, 5.74) is 2.92. The first-order chi connectivity index (χ1) is 16.5. The molecule has 2 aliphatic heterocycles. The van der Waals surface area contributed by atoms with E-state index in [-0.39, 0.29) is 24.3 Å². The fourth-order valence-electron chi connectivity index (χ4n) is 5.87. The molecule has 1 aliphatic carbocycles. The molecule has 1 saturated heterocycles. The zero-order valence-corrected chi connectivity index (χ0v) is 19.2. The van der Waals surface area contributed by atoms with Gasteiger partial charge in [-0.2, -0.15) is 0 Å². The van der Waals surface area contributed by atoms with Gasteiger partial charge in [0.05, 0.1) is 25.2 Å². The number of H-pyrrole nitrogens is 1. The van der Waals surface area contributed by atoms with Crippen LogP contribution in [0.3, 0.4) is 0 Å². The van der Waals surface area contributed by atoms with Crippen molar-refractivity contribution in [3.05, 3.63) is 59.5 Å². The number of amides is 2. The monoisotopic (exact) mass is 460 g/mol. The van der Waals surface area contributed by atoms with Crippen LogP contribution >= 0.6 is 0 Å². The number of nitrogens with one attached hydrogen (secondary N) is 1. The molecule has 0 unspecified atom stereocenters. The number of aromatic nitrogens is 2. The van der Waals surface area contributed by atoms with Crippen molar-refractivity contribution in [1.29, 1.82) is 0 Å². The van der Waals surface area contributed by atoms with Crippen LogP contribution < -0.4 is 4.74 Å².